The largest absolute Gasteiger partial charge is 0.395 e. The van der Waals surface area contributed by atoms with Gasteiger partial charge in [0.1, 0.15) is 0 Å². The summed E-state index contributed by atoms with van der Waals surface area (Å²) in [7, 11) is -3.37. The number of hydrogen-bond acceptors (Lipinski definition) is 4. The Labute approximate surface area is 91.1 Å². The molecule has 0 bridgehead atoms. The Morgan fingerprint density at radius 2 is 2.07 bits per heavy atom. The van der Waals surface area contributed by atoms with E-state index < -0.39 is 20.8 Å². The monoisotopic (exact) mass is 237 g/mol. The zero-order chi connectivity index (χ0) is 11.7. The second-order valence-corrected chi connectivity index (χ2v) is 7.28. The molecule has 1 saturated heterocycles. The second-order valence-electron chi connectivity index (χ2n) is 4.64. The van der Waals surface area contributed by atoms with Gasteiger partial charge in [-0.3, -0.25) is 0 Å². The lowest BCUT2D eigenvalue weighted by Gasteiger charge is -2.37. The third-order valence-electron chi connectivity index (χ3n) is 2.47. The molecule has 0 aromatic heterocycles. The fraction of sp³-hybridized carbons (Fsp3) is 1.00. The van der Waals surface area contributed by atoms with Crippen LogP contribution in [-0.4, -0.2) is 55.0 Å². The highest BCUT2D eigenvalue weighted by Gasteiger charge is 2.40. The van der Waals surface area contributed by atoms with E-state index in [4.69, 9.17) is 9.84 Å². The van der Waals surface area contributed by atoms with Crippen LogP contribution >= 0.6 is 0 Å². The number of rotatable bonds is 2. The molecule has 5 nitrogen and oxygen atoms in total. The van der Waals surface area contributed by atoms with Gasteiger partial charge < -0.3 is 9.84 Å². The number of aliphatic hydroxyl groups excluding tert-OH is 1. The predicted molar refractivity (Wildman–Crippen MR) is 57.1 cm³/mol. The summed E-state index contributed by atoms with van der Waals surface area (Å²) in [4.78, 5) is 0. The van der Waals surface area contributed by atoms with Crippen molar-refractivity contribution in [3.63, 3.8) is 0 Å². The Kier molecular flexibility index (Phi) is 3.76. The fourth-order valence-electron chi connectivity index (χ4n) is 1.45. The summed E-state index contributed by atoms with van der Waals surface area (Å²) >= 11 is 0. The van der Waals surface area contributed by atoms with Gasteiger partial charge in [0.15, 0.2) is 0 Å². The van der Waals surface area contributed by atoms with E-state index in [0.29, 0.717) is 13.2 Å². The highest BCUT2D eigenvalue weighted by atomic mass is 32.2. The molecular weight excluding hydrogens is 218 g/mol. The zero-order valence-electron chi connectivity index (χ0n) is 9.43. The minimum atomic E-state index is -3.37. The van der Waals surface area contributed by atoms with Crippen LogP contribution in [0.2, 0.25) is 0 Å². The number of aliphatic hydroxyl groups is 1. The molecule has 0 aliphatic carbocycles. The summed E-state index contributed by atoms with van der Waals surface area (Å²) in [5.74, 6) is 0. The van der Waals surface area contributed by atoms with Crippen molar-refractivity contribution < 1.29 is 18.3 Å². The van der Waals surface area contributed by atoms with Crippen molar-refractivity contribution in [2.75, 3.05) is 26.4 Å². The van der Waals surface area contributed by atoms with Crippen molar-refractivity contribution in [2.45, 2.75) is 31.6 Å². The number of nitrogens with zero attached hydrogens (tertiary/aromatic N) is 1. The molecule has 0 saturated carbocycles. The van der Waals surface area contributed by atoms with Crippen LogP contribution in [0.15, 0.2) is 0 Å². The van der Waals surface area contributed by atoms with E-state index in [1.54, 1.807) is 20.8 Å². The molecule has 0 spiro atoms. The first-order valence-electron chi connectivity index (χ1n) is 5.00. The van der Waals surface area contributed by atoms with E-state index in [2.05, 4.69) is 0 Å². The van der Waals surface area contributed by atoms with Crippen molar-refractivity contribution in [3.8, 4) is 0 Å². The summed E-state index contributed by atoms with van der Waals surface area (Å²) in [6.45, 7) is 5.77. The Morgan fingerprint density at radius 3 is 2.53 bits per heavy atom. The molecule has 90 valence electrons. The van der Waals surface area contributed by atoms with Crippen LogP contribution in [0.5, 0.6) is 0 Å². The van der Waals surface area contributed by atoms with E-state index in [-0.39, 0.29) is 13.2 Å². The smallest absolute Gasteiger partial charge is 0.219 e. The highest BCUT2D eigenvalue weighted by molar-refractivity contribution is 7.90. The second kappa shape index (κ2) is 4.37. The van der Waals surface area contributed by atoms with Gasteiger partial charge in [0, 0.05) is 6.54 Å². The minimum Gasteiger partial charge on any atom is -0.395 e. The van der Waals surface area contributed by atoms with Crippen molar-refractivity contribution in [3.05, 3.63) is 0 Å². The van der Waals surface area contributed by atoms with Crippen LogP contribution in [0.3, 0.4) is 0 Å². The Hall–Kier alpha value is -0.170. The van der Waals surface area contributed by atoms with E-state index in [1.165, 1.54) is 4.31 Å². The minimum absolute atomic E-state index is 0.199. The molecular formula is C9H19NO4S. The summed E-state index contributed by atoms with van der Waals surface area (Å²) in [5.41, 5.74) is 0. The van der Waals surface area contributed by atoms with Gasteiger partial charge in [-0.2, -0.15) is 4.31 Å². The quantitative estimate of drug-likeness (QED) is 0.723. The SMILES string of the molecule is CC(C)(C)S(=O)(=O)N1CCOCC1CO. The van der Waals surface area contributed by atoms with Gasteiger partial charge in [0.2, 0.25) is 10.0 Å². The number of ether oxygens (including phenoxy) is 1. The molecule has 0 amide bonds. The molecule has 1 unspecified atom stereocenters. The molecule has 0 radical (unpaired) electrons. The molecule has 1 atom stereocenters. The van der Waals surface area contributed by atoms with Crippen LogP contribution in [0.4, 0.5) is 0 Å². The molecule has 0 aromatic rings. The third-order valence-corrected chi connectivity index (χ3v) is 5.11. The van der Waals surface area contributed by atoms with Crippen molar-refractivity contribution >= 4 is 10.0 Å². The summed E-state index contributed by atoms with van der Waals surface area (Å²) in [6.07, 6.45) is 0. The van der Waals surface area contributed by atoms with Gasteiger partial charge in [-0.25, -0.2) is 8.42 Å². The number of sulfonamides is 1. The molecule has 1 fully saturated rings. The van der Waals surface area contributed by atoms with Crippen LogP contribution in [-0.2, 0) is 14.8 Å². The third kappa shape index (κ3) is 2.50. The summed E-state index contributed by atoms with van der Waals surface area (Å²) < 4.78 is 29.9. The first-order valence-corrected chi connectivity index (χ1v) is 6.44. The van der Waals surface area contributed by atoms with Crippen LogP contribution in [0.1, 0.15) is 20.8 Å². The number of morpholine rings is 1. The average molecular weight is 237 g/mol. The Bertz CT molecular complexity index is 307. The van der Waals surface area contributed by atoms with Gasteiger partial charge >= 0.3 is 0 Å². The maximum absolute atomic E-state index is 12.1. The first kappa shape index (κ1) is 12.9. The van der Waals surface area contributed by atoms with Crippen molar-refractivity contribution in [1.29, 1.82) is 0 Å². The average Bonchev–Trinajstić information content (AvgIpc) is 2.16. The van der Waals surface area contributed by atoms with E-state index in [9.17, 15) is 8.42 Å². The van der Waals surface area contributed by atoms with Gasteiger partial charge in [-0.05, 0) is 20.8 Å². The zero-order valence-corrected chi connectivity index (χ0v) is 10.2. The van der Waals surface area contributed by atoms with Gasteiger partial charge in [-0.15, -0.1) is 0 Å². The molecule has 6 heteroatoms. The van der Waals surface area contributed by atoms with Crippen molar-refractivity contribution in [2.24, 2.45) is 0 Å². The normalized spacial score (nSPS) is 25.5. The predicted octanol–water partition coefficient (Wildman–Crippen LogP) is -0.192. The lowest BCUT2D eigenvalue weighted by molar-refractivity contribution is 0.0101. The van der Waals surface area contributed by atoms with Gasteiger partial charge in [-0.1, -0.05) is 0 Å². The highest BCUT2D eigenvalue weighted by Crippen LogP contribution is 2.23. The molecule has 1 aliphatic heterocycles. The van der Waals surface area contributed by atoms with Crippen molar-refractivity contribution in [1.82, 2.24) is 4.31 Å². The number of hydrogen-bond donors (Lipinski definition) is 1. The first-order chi connectivity index (χ1) is 6.80. The van der Waals surface area contributed by atoms with E-state index in [0.717, 1.165) is 0 Å². The Morgan fingerprint density at radius 1 is 1.47 bits per heavy atom. The molecule has 1 rings (SSSR count). The van der Waals surface area contributed by atoms with Crippen LogP contribution in [0.25, 0.3) is 0 Å². The molecule has 1 N–H and O–H groups in total. The lowest BCUT2D eigenvalue weighted by Crippen LogP contribution is -2.54. The standard InChI is InChI=1S/C9H19NO4S/c1-9(2,3)15(12,13)10-4-5-14-7-8(10)6-11/h8,11H,4-7H2,1-3H3. The molecule has 1 aliphatic rings. The van der Waals surface area contributed by atoms with Gasteiger partial charge in [0.25, 0.3) is 0 Å². The molecule has 0 aromatic carbocycles. The lowest BCUT2D eigenvalue weighted by atomic mass is 10.3. The van der Waals surface area contributed by atoms with E-state index >= 15 is 0 Å². The molecule has 1 heterocycles. The van der Waals surface area contributed by atoms with Gasteiger partial charge in [0.05, 0.1) is 30.6 Å². The van der Waals surface area contributed by atoms with Crippen LogP contribution < -0.4 is 0 Å². The molecule has 15 heavy (non-hydrogen) atoms. The summed E-state index contributed by atoms with van der Waals surface area (Å²) in [6, 6.07) is -0.442. The van der Waals surface area contributed by atoms with Crippen LogP contribution in [0, 0.1) is 0 Å². The topological polar surface area (TPSA) is 66.8 Å². The maximum atomic E-state index is 12.1. The summed E-state index contributed by atoms with van der Waals surface area (Å²) in [5, 5.41) is 9.10. The fourth-order valence-corrected chi connectivity index (χ4v) is 2.99. The Balaban J connectivity index is 2.94. The van der Waals surface area contributed by atoms with E-state index in [1.807, 2.05) is 0 Å². The maximum Gasteiger partial charge on any atom is 0.219 e.